The summed E-state index contributed by atoms with van der Waals surface area (Å²) in [7, 11) is 0. The number of hydrogen-bond donors (Lipinski definition) is 1. The lowest BCUT2D eigenvalue weighted by atomic mass is 10.2. The van der Waals surface area contributed by atoms with E-state index in [9.17, 15) is 4.79 Å². The molecular formula is C19H18ClN3O2. The van der Waals surface area contributed by atoms with Crippen molar-refractivity contribution in [1.29, 1.82) is 0 Å². The smallest absolute Gasteiger partial charge is 0.261 e. The van der Waals surface area contributed by atoms with Crippen LogP contribution in [0.25, 0.3) is 5.69 Å². The molecule has 1 heterocycles. The van der Waals surface area contributed by atoms with E-state index < -0.39 is 6.10 Å². The zero-order valence-corrected chi connectivity index (χ0v) is 14.5. The maximum Gasteiger partial charge on any atom is 0.261 e. The van der Waals surface area contributed by atoms with Gasteiger partial charge in [0.2, 0.25) is 0 Å². The Balaban J connectivity index is 1.53. The van der Waals surface area contributed by atoms with Crippen molar-refractivity contribution in [2.24, 2.45) is 0 Å². The molecule has 0 unspecified atom stereocenters. The van der Waals surface area contributed by atoms with Crippen LogP contribution in [-0.4, -0.2) is 21.6 Å². The van der Waals surface area contributed by atoms with E-state index in [-0.39, 0.29) is 5.91 Å². The molecule has 1 aromatic heterocycles. The van der Waals surface area contributed by atoms with Crippen LogP contribution in [0.5, 0.6) is 5.75 Å². The number of nitrogens with one attached hydrogen (secondary N) is 1. The predicted molar refractivity (Wildman–Crippen MR) is 97.0 cm³/mol. The van der Waals surface area contributed by atoms with Crippen molar-refractivity contribution in [2.75, 3.05) is 0 Å². The highest BCUT2D eigenvalue weighted by Gasteiger charge is 2.14. The molecule has 0 radical (unpaired) electrons. The highest BCUT2D eigenvalue weighted by atomic mass is 35.5. The molecular weight excluding hydrogens is 338 g/mol. The number of benzene rings is 2. The summed E-state index contributed by atoms with van der Waals surface area (Å²) in [5.74, 6) is 0.387. The van der Waals surface area contributed by atoms with Gasteiger partial charge < -0.3 is 14.6 Å². The van der Waals surface area contributed by atoms with Crippen molar-refractivity contribution < 1.29 is 9.53 Å². The molecule has 128 valence electrons. The van der Waals surface area contributed by atoms with Crippen molar-refractivity contribution in [3.05, 3.63) is 77.8 Å². The number of ether oxygens (including phenoxy) is 1. The average molecular weight is 356 g/mol. The number of aromatic nitrogens is 2. The molecule has 5 nitrogen and oxygen atoms in total. The Morgan fingerprint density at radius 1 is 1.28 bits per heavy atom. The molecule has 1 atom stereocenters. The molecule has 0 aliphatic heterocycles. The van der Waals surface area contributed by atoms with Gasteiger partial charge in [-0.1, -0.05) is 29.8 Å². The first-order valence-corrected chi connectivity index (χ1v) is 8.27. The maximum atomic E-state index is 12.2. The second-order valence-electron chi connectivity index (χ2n) is 5.57. The number of carbonyl (C=O) groups excluding carboxylic acids is 1. The van der Waals surface area contributed by atoms with E-state index >= 15 is 0 Å². The van der Waals surface area contributed by atoms with Crippen LogP contribution in [0.15, 0.2) is 67.3 Å². The maximum absolute atomic E-state index is 12.2. The van der Waals surface area contributed by atoms with Gasteiger partial charge in [0.05, 0.1) is 6.33 Å². The fraction of sp³-hybridized carbons (Fsp3) is 0.158. The van der Waals surface area contributed by atoms with Crippen LogP contribution >= 0.6 is 11.6 Å². The second kappa shape index (κ2) is 7.85. The number of carbonyl (C=O) groups is 1. The lowest BCUT2D eigenvalue weighted by molar-refractivity contribution is -0.127. The van der Waals surface area contributed by atoms with E-state index in [0.29, 0.717) is 17.3 Å². The van der Waals surface area contributed by atoms with E-state index in [1.165, 1.54) is 0 Å². The first-order valence-electron chi connectivity index (χ1n) is 7.89. The Hall–Kier alpha value is -2.79. The Morgan fingerprint density at radius 3 is 2.76 bits per heavy atom. The van der Waals surface area contributed by atoms with Crippen molar-refractivity contribution in [2.45, 2.75) is 19.6 Å². The van der Waals surface area contributed by atoms with E-state index in [2.05, 4.69) is 10.3 Å². The summed E-state index contributed by atoms with van der Waals surface area (Å²) in [5.41, 5.74) is 2.03. The van der Waals surface area contributed by atoms with Crippen LogP contribution in [0, 0.1) is 0 Å². The molecule has 3 rings (SSSR count). The van der Waals surface area contributed by atoms with Gasteiger partial charge in [0.25, 0.3) is 5.91 Å². The van der Waals surface area contributed by atoms with E-state index in [1.807, 2.05) is 35.0 Å². The average Bonchev–Trinajstić information content (AvgIpc) is 3.14. The first kappa shape index (κ1) is 17.0. The summed E-state index contributed by atoms with van der Waals surface area (Å²) in [6.45, 7) is 2.14. The molecule has 0 saturated heterocycles. The molecule has 25 heavy (non-hydrogen) atoms. The van der Waals surface area contributed by atoms with Gasteiger partial charge in [-0.2, -0.15) is 0 Å². The molecule has 0 fully saturated rings. The standard InChI is InChI=1S/C19H18ClN3O2/c1-14(25-18-4-2-3-16(20)11-18)19(24)22-12-15-5-7-17(8-6-15)23-10-9-21-13-23/h2-11,13-14H,12H2,1H3,(H,22,24)/t14-/m1/s1. The van der Waals surface area contributed by atoms with Gasteiger partial charge in [-0.05, 0) is 42.8 Å². The highest BCUT2D eigenvalue weighted by Crippen LogP contribution is 2.18. The molecule has 0 bridgehead atoms. The number of halogens is 1. The Kier molecular flexibility index (Phi) is 5.36. The van der Waals surface area contributed by atoms with Crippen LogP contribution in [0.1, 0.15) is 12.5 Å². The summed E-state index contributed by atoms with van der Waals surface area (Å²) in [4.78, 5) is 16.2. The number of hydrogen-bond acceptors (Lipinski definition) is 3. The van der Waals surface area contributed by atoms with Crippen LogP contribution in [0.3, 0.4) is 0 Å². The normalized spacial score (nSPS) is 11.8. The topological polar surface area (TPSA) is 56.1 Å². The minimum atomic E-state index is -0.608. The zero-order chi connectivity index (χ0) is 17.6. The van der Waals surface area contributed by atoms with Crippen LogP contribution in [0.4, 0.5) is 0 Å². The molecule has 0 aliphatic carbocycles. The third-order valence-corrected chi connectivity index (χ3v) is 3.92. The Morgan fingerprint density at radius 2 is 2.08 bits per heavy atom. The van der Waals surface area contributed by atoms with E-state index in [0.717, 1.165) is 11.3 Å². The largest absolute Gasteiger partial charge is 0.481 e. The minimum Gasteiger partial charge on any atom is -0.481 e. The minimum absolute atomic E-state index is 0.182. The second-order valence-corrected chi connectivity index (χ2v) is 6.01. The van der Waals surface area contributed by atoms with Crippen molar-refractivity contribution >= 4 is 17.5 Å². The molecule has 0 spiro atoms. The number of amides is 1. The van der Waals surface area contributed by atoms with Gasteiger partial charge in [0.1, 0.15) is 5.75 Å². The zero-order valence-electron chi connectivity index (χ0n) is 13.7. The number of rotatable bonds is 6. The molecule has 6 heteroatoms. The van der Waals surface area contributed by atoms with Gasteiger partial charge in [0, 0.05) is 29.6 Å². The van der Waals surface area contributed by atoms with Crippen LogP contribution in [0.2, 0.25) is 5.02 Å². The first-order chi connectivity index (χ1) is 12.1. The van der Waals surface area contributed by atoms with Gasteiger partial charge in [-0.15, -0.1) is 0 Å². The lowest BCUT2D eigenvalue weighted by Crippen LogP contribution is -2.35. The summed E-state index contributed by atoms with van der Waals surface area (Å²) in [5, 5.41) is 3.44. The molecule has 0 aliphatic rings. The molecule has 2 aromatic carbocycles. The van der Waals surface area contributed by atoms with Gasteiger partial charge >= 0.3 is 0 Å². The van der Waals surface area contributed by atoms with E-state index in [1.54, 1.807) is 43.7 Å². The summed E-state index contributed by atoms with van der Waals surface area (Å²) in [6, 6.07) is 14.9. The highest BCUT2D eigenvalue weighted by molar-refractivity contribution is 6.30. The third-order valence-electron chi connectivity index (χ3n) is 3.68. The quantitative estimate of drug-likeness (QED) is 0.735. The van der Waals surface area contributed by atoms with Crippen LogP contribution < -0.4 is 10.1 Å². The van der Waals surface area contributed by atoms with Crippen LogP contribution in [-0.2, 0) is 11.3 Å². The molecule has 3 aromatic rings. The monoisotopic (exact) mass is 355 g/mol. The summed E-state index contributed by atoms with van der Waals surface area (Å²) < 4.78 is 7.53. The van der Waals surface area contributed by atoms with Gasteiger partial charge in [0.15, 0.2) is 6.10 Å². The summed E-state index contributed by atoms with van der Waals surface area (Å²) >= 11 is 5.91. The van der Waals surface area contributed by atoms with Crippen molar-refractivity contribution in [3.63, 3.8) is 0 Å². The van der Waals surface area contributed by atoms with Crippen molar-refractivity contribution in [3.8, 4) is 11.4 Å². The molecule has 1 N–H and O–H groups in total. The predicted octanol–water partition coefficient (Wildman–Crippen LogP) is 3.61. The molecule has 1 amide bonds. The van der Waals surface area contributed by atoms with E-state index in [4.69, 9.17) is 16.3 Å². The Labute approximate surface area is 151 Å². The SMILES string of the molecule is C[C@@H](Oc1cccc(Cl)c1)C(=O)NCc1ccc(-n2ccnc2)cc1. The van der Waals surface area contributed by atoms with Crippen molar-refractivity contribution in [1.82, 2.24) is 14.9 Å². The third kappa shape index (κ3) is 4.61. The fourth-order valence-electron chi connectivity index (χ4n) is 2.33. The Bertz CT molecular complexity index is 832. The molecule has 0 saturated carbocycles. The number of nitrogens with zero attached hydrogens (tertiary/aromatic N) is 2. The fourth-order valence-corrected chi connectivity index (χ4v) is 2.51. The summed E-state index contributed by atoms with van der Waals surface area (Å²) in [6.07, 6.45) is 4.75. The van der Waals surface area contributed by atoms with Gasteiger partial charge in [-0.25, -0.2) is 4.98 Å². The lowest BCUT2D eigenvalue weighted by Gasteiger charge is -2.15. The number of imidazole rings is 1. The van der Waals surface area contributed by atoms with Gasteiger partial charge in [-0.3, -0.25) is 4.79 Å².